The summed E-state index contributed by atoms with van der Waals surface area (Å²) in [6.45, 7) is 5.06. The van der Waals surface area contributed by atoms with E-state index in [2.05, 4.69) is 0 Å². The fraction of sp³-hybridized carbons (Fsp3) is 0.632. The minimum absolute atomic E-state index is 0.254. The third-order valence-corrected chi connectivity index (χ3v) is 7.68. The molecule has 1 atom stereocenters. The number of benzene rings is 1. The zero-order valence-corrected chi connectivity index (χ0v) is 16.0. The lowest BCUT2D eigenvalue weighted by molar-refractivity contribution is -0.160. The van der Waals surface area contributed by atoms with Crippen molar-refractivity contribution in [2.45, 2.75) is 43.1 Å². The first-order valence-electron chi connectivity index (χ1n) is 9.37. The fourth-order valence-corrected chi connectivity index (χ4v) is 5.73. The van der Waals surface area contributed by atoms with E-state index in [0.717, 1.165) is 37.9 Å². The SMILES string of the molecule is Cc1ccc(S(=O)(=O)N2CC3(CCC(CN4CCCC4=O)CO3)C2)cc1. The molecule has 0 aliphatic carbocycles. The van der Waals surface area contributed by atoms with Crippen LogP contribution in [0.1, 0.15) is 31.2 Å². The molecule has 3 fully saturated rings. The lowest BCUT2D eigenvalue weighted by Crippen LogP contribution is -2.66. The number of ether oxygens (including phenoxy) is 1. The van der Waals surface area contributed by atoms with Crippen molar-refractivity contribution in [3.8, 4) is 0 Å². The Kier molecular flexibility index (Phi) is 4.57. The molecule has 6 nitrogen and oxygen atoms in total. The van der Waals surface area contributed by atoms with Crippen LogP contribution < -0.4 is 0 Å². The molecule has 0 bridgehead atoms. The molecule has 3 heterocycles. The van der Waals surface area contributed by atoms with Gasteiger partial charge in [0.05, 0.1) is 17.1 Å². The molecule has 26 heavy (non-hydrogen) atoms. The van der Waals surface area contributed by atoms with Gasteiger partial charge in [-0.1, -0.05) is 17.7 Å². The second-order valence-electron chi connectivity index (χ2n) is 7.93. The van der Waals surface area contributed by atoms with Gasteiger partial charge in [-0.2, -0.15) is 4.31 Å². The van der Waals surface area contributed by atoms with Crippen LogP contribution in [0.3, 0.4) is 0 Å². The summed E-state index contributed by atoms with van der Waals surface area (Å²) in [5.74, 6) is 0.620. The van der Waals surface area contributed by atoms with Gasteiger partial charge < -0.3 is 9.64 Å². The molecular formula is C19H26N2O4S. The van der Waals surface area contributed by atoms with Gasteiger partial charge in [0.15, 0.2) is 0 Å². The number of hydrogen-bond donors (Lipinski definition) is 0. The monoisotopic (exact) mass is 378 g/mol. The number of aryl methyl sites for hydroxylation is 1. The normalized spacial score (nSPS) is 26.3. The molecule has 1 spiro atoms. The summed E-state index contributed by atoms with van der Waals surface area (Å²) in [5, 5.41) is 0. The number of nitrogens with zero attached hydrogens (tertiary/aromatic N) is 2. The number of carbonyl (C=O) groups is 1. The van der Waals surface area contributed by atoms with Crippen LogP contribution in [0.5, 0.6) is 0 Å². The maximum Gasteiger partial charge on any atom is 0.243 e. The molecule has 7 heteroatoms. The van der Waals surface area contributed by atoms with E-state index in [0.29, 0.717) is 36.9 Å². The Bertz CT molecular complexity index is 774. The number of amides is 1. The molecule has 3 aliphatic heterocycles. The maximum absolute atomic E-state index is 12.7. The Morgan fingerprint density at radius 2 is 1.96 bits per heavy atom. The van der Waals surface area contributed by atoms with Crippen LogP contribution in [-0.2, 0) is 19.6 Å². The first-order valence-corrected chi connectivity index (χ1v) is 10.8. The highest BCUT2D eigenvalue weighted by Gasteiger charge is 2.51. The smallest absolute Gasteiger partial charge is 0.243 e. The third-order valence-electron chi connectivity index (χ3n) is 5.87. The first kappa shape index (κ1) is 17.9. The summed E-state index contributed by atoms with van der Waals surface area (Å²) in [7, 11) is -3.43. The van der Waals surface area contributed by atoms with Crippen LogP contribution in [0.15, 0.2) is 29.2 Å². The predicted octanol–water partition coefficient (Wildman–Crippen LogP) is 1.79. The molecule has 142 valence electrons. The fourth-order valence-electron chi connectivity index (χ4n) is 4.15. The number of sulfonamides is 1. The molecule has 4 rings (SSSR count). The van der Waals surface area contributed by atoms with E-state index >= 15 is 0 Å². The number of carbonyl (C=O) groups excluding carboxylic acids is 1. The molecule has 0 saturated carbocycles. The quantitative estimate of drug-likeness (QED) is 0.801. The standard InChI is InChI=1S/C19H26N2O4S/c1-15-4-6-17(7-5-15)26(23,24)21-13-19(14-21)9-8-16(12-25-19)11-20-10-2-3-18(20)22/h4-7,16H,2-3,8-14H2,1H3. The van der Waals surface area contributed by atoms with Gasteiger partial charge in [-0.3, -0.25) is 4.79 Å². The highest BCUT2D eigenvalue weighted by Crippen LogP contribution is 2.39. The van der Waals surface area contributed by atoms with Crippen LogP contribution in [0, 0.1) is 12.8 Å². The van der Waals surface area contributed by atoms with Gasteiger partial charge in [0.2, 0.25) is 15.9 Å². The van der Waals surface area contributed by atoms with Crippen LogP contribution in [0.2, 0.25) is 0 Å². The summed E-state index contributed by atoms with van der Waals surface area (Å²) in [6.07, 6.45) is 3.48. The Balaban J connectivity index is 1.32. The molecular weight excluding hydrogens is 352 g/mol. The van der Waals surface area contributed by atoms with Crippen LogP contribution in [0.4, 0.5) is 0 Å². The van der Waals surface area contributed by atoms with Crippen molar-refractivity contribution >= 4 is 15.9 Å². The van der Waals surface area contributed by atoms with Gasteiger partial charge in [0, 0.05) is 38.5 Å². The Morgan fingerprint density at radius 3 is 2.54 bits per heavy atom. The Hall–Kier alpha value is -1.44. The van der Waals surface area contributed by atoms with Crippen LogP contribution in [-0.4, -0.2) is 61.9 Å². The Morgan fingerprint density at radius 1 is 1.23 bits per heavy atom. The van der Waals surface area contributed by atoms with Crippen molar-refractivity contribution in [3.63, 3.8) is 0 Å². The van der Waals surface area contributed by atoms with Crippen LogP contribution in [0.25, 0.3) is 0 Å². The highest BCUT2D eigenvalue weighted by atomic mass is 32.2. The lowest BCUT2D eigenvalue weighted by Gasteiger charge is -2.52. The topological polar surface area (TPSA) is 66.9 Å². The van der Waals surface area contributed by atoms with E-state index in [-0.39, 0.29) is 11.5 Å². The molecule has 0 N–H and O–H groups in total. The van der Waals surface area contributed by atoms with E-state index in [1.165, 1.54) is 4.31 Å². The minimum Gasteiger partial charge on any atom is -0.372 e. The Labute approximate surface area is 155 Å². The van der Waals surface area contributed by atoms with E-state index in [1.54, 1.807) is 12.1 Å². The van der Waals surface area contributed by atoms with Crippen LogP contribution >= 0.6 is 0 Å². The van der Waals surface area contributed by atoms with Gasteiger partial charge in [0.1, 0.15) is 0 Å². The van der Waals surface area contributed by atoms with Gasteiger partial charge in [-0.05, 0) is 38.3 Å². The van der Waals surface area contributed by atoms with E-state index in [1.807, 2.05) is 24.0 Å². The molecule has 1 aromatic rings. The molecule has 1 amide bonds. The van der Waals surface area contributed by atoms with Crippen molar-refractivity contribution in [1.29, 1.82) is 0 Å². The molecule has 1 aromatic carbocycles. The number of likely N-dealkylation sites (tertiary alicyclic amines) is 1. The van der Waals surface area contributed by atoms with Gasteiger partial charge >= 0.3 is 0 Å². The maximum atomic E-state index is 12.7. The average molecular weight is 378 g/mol. The lowest BCUT2D eigenvalue weighted by atomic mass is 9.84. The average Bonchev–Trinajstić information content (AvgIpc) is 2.99. The van der Waals surface area contributed by atoms with Crippen molar-refractivity contribution in [1.82, 2.24) is 9.21 Å². The van der Waals surface area contributed by atoms with Crippen molar-refractivity contribution in [2.24, 2.45) is 5.92 Å². The molecule has 3 aliphatic rings. The number of rotatable bonds is 4. The van der Waals surface area contributed by atoms with Gasteiger partial charge in [-0.15, -0.1) is 0 Å². The summed E-state index contributed by atoms with van der Waals surface area (Å²) in [5.41, 5.74) is 0.714. The van der Waals surface area contributed by atoms with Crippen molar-refractivity contribution in [2.75, 3.05) is 32.8 Å². The minimum atomic E-state index is -3.43. The summed E-state index contributed by atoms with van der Waals surface area (Å²) in [4.78, 5) is 14.1. The molecule has 3 saturated heterocycles. The van der Waals surface area contributed by atoms with Gasteiger partial charge in [-0.25, -0.2) is 8.42 Å². The number of hydrogen-bond acceptors (Lipinski definition) is 4. The van der Waals surface area contributed by atoms with E-state index in [9.17, 15) is 13.2 Å². The van der Waals surface area contributed by atoms with E-state index in [4.69, 9.17) is 4.74 Å². The first-order chi connectivity index (χ1) is 12.4. The largest absolute Gasteiger partial charge is 0.372 e. The summed E-state index contributed by atoms with van der Waals surface area (Å²) in [6, 6.07) is 6.98. The van der Waals surface area contributed by atoms with Crippen molar-refractivity contribution < 1.29 is 17.9 Å². The summed E-state index contributed by atoms with van der Waals surface area (Å²) < 4.78 is 33.0. The second kappa shape index (κ2) is 6.62. The molecule has 0 radical (unpaired) electrons. The van der Waals surface area contributed by atoms with Crippen molar-refractivity contribution in [3.05, 3.63) is 29.8 Å². The zero-order chi connectivity index (χ0) is 18.4. The highest BCUT2D eigenvalue weighted by molar-refractivity contribution is 7.89. The third kappa shape index (κ3) is 3.28. The predicted molar refractivity (Wildman–Crippen MR) is 97.2 cm³/mol. The molecule has 1 unspecified atom stereocenters. The zero-order valence-electron chi connectivity index (χ0n) is 15.2. The summed E-state index contributed by atoms with van der Waals surface area (Å²) >= 11 is 0. The second-order valence-corrected chi connectivity index (χ2v) is 9.87. The van der Waals surface area contributed by atoms with Gasteiger partial charge in [0.25, 0.3) is 0 Å². The van der Waals surface area contributed by atoms with E-state index < -0.39 is 10.0 Å². The molecule has 0 aromatic heterocycles.